The van der Waals surface area contributed by atoms with Crippen molar-refractivity contribution in [1.82, 2.24) is 19.3 Å². The average Bonchev–Trinajstić information content (AvgIpc) is 3.32. The molecule has 1 aromatic heterocycles. The summed E-state index contributed by atoms with van der Waals surface area (Å²) in [5.41, 5.74) is 0.573. The highest BCUT2D eigenvalue weighted by atomic mass is 79.9. The lowest BCUT2D eigenvalue weighted by molar-refractivity contribution is -0.0496. The van der Waals surface area contributed by atoms with Crippen LogP contribution < -0.4 is 4.74 Å². The summed E-state index contributed by atoms with van der Waals surface area (Å²) in [6, 6.07) is 4.57. The minimum Gasteiger partial charge on any atom is -0.490 e. The van der Waals surface area contributed by atoms with Gasteiger partial charge in [0, 0.05) is 23.6 Å². The first kappa shape index (κ1) is 19.8. The highest BCUT2D eigenvalue weighted by molar-refractivity contribution is 9.10. The van der Waals surface area contributed by atoms with E-state index in [4.69, 9.17) is 14.2 Å². The molecule has 0 radical (unpaired) electrons. The van der Waals surface area contributed by atoms with E-state index in [-0.39, 0.29) is 30.4 Å². The van der Waals surface area contributed by atoms with Gasteiger partial charge in [-0.05, 0) is 25.1 Å². The molecule has 9 nitrogen and oxygen atoms in total. The molecule has 0 N–H and O–H groups in total. The van der Waals surface area contributed by atoms with E-state index in [1.54, 1.807) is 29.1 Å². The van der Waals surface area contributed by atoms with Crippen molar-refractivity contribution < 1.29 is 22.6 Å². The number of rotatable bonds is 5. The minimum absolute atomic E-state index is 0.124. The van der Waals surface area contributed by atoms with Crippen molar-refractivity contribution in [3.05, 3.63) is 34.6 Å². The Kier molecular flexibility index (Phi) is 5.70. The Labute approximate surface area is 171 Å². The van der Waals surface area contributed by atoms with Gasteiger partial charge in [-0.3, -0.25) is 4.68 Å². The van der Waals surface area contributed by atoms with Gasteiger partial charge in [0.25, 0.3) is 0 Å². The van der Waals surface area contributed by atoms with Crippen molar-refractivity contribution in [2.75, 3.05) is 19.8 Å². The Morgan fingerprint density at radius 1 is 1.29 bits per heavy atom. The number of ether oxygens (including phenoxy) is 3. The third-order valence-corrected chi connectivity index (χ3v) is 7.15. The van der Waals surface area contributed by atoms with E-state index in [1.807, 2.05) is 6.92 Å². The summed E-state index contributed by atoms with van der Waals surface area (Å²) in [5, 5.41) is 8.22. The fraction of sp³-hybridized carbons (Fsp3) is 0.529. The molecule has 2 aliphatic rings. The average molecular weight is 473 g/mol. The van der Waals surface area contributed by atoms with Gasteiger partial charge in [-0.15, -0.1) is 5.10 Å². The van der Waals surface area contributed by atoms with E-state index in [0.717, 1.165) is 4.47 Å². The lowest BCUT2D eigenvalue weighted by atomic mass is 10.3. The van der Waals surface area contributed by atoms with Crippen molar-refractivity contribution in [3.8, 4) is 5.75 Å². The maximum atomic E-state index is 13.2. The third-order valence-electron chi connectivity index (χ3n) is 4.65. The number of fused-ring (bicyclic) bond motifs is 1. The molecule has 0 saturated carbocycles. The number of hydrogen-bond donors (Lipinski definition) is 0. The molecule has 1 saturated heterocycles. The predicted molar refractivity (Wildman–Crippen MR) is 102 cm³/mol. The fourth-order valence-electron chi connectivity index (χ4n) is 3.20. The molecule has 0 bridgehead atoms. The largest absolute Gasteiger partial charge is 0.490 e. The van der Waals surface area contributed by atoms with Crippen LogP contribution in [0.1, 0.15) is 19.0 Å². The first-order valence-electron chi connectivity index (χ1n) is 9.00. The SMILES string of the molecule is C[C@H]1COc2cc(Br)ccc2S(=O)(=O)N1Cc1cn(CCC2OCCO2)nn1. The van der Waals surface area contributed by atoms with Gasteiger partial charge >= 0.3 is 0 Å². The lowest BCUT2D eigenvalue weighted by Gasteiger charge is -2.24. The van der Waals surface area contributed by atoms with E-state index >= 15 is 0 Å². The van der Waals surface area contributed by atoms with Crippen molar-refractivity contribution >= 4 is 26.0 Å². The van der Waals surface area contributed by atoms with E-state index in [1.165, 1.54) is 4.31 Å². The van der Waals surface area contributed by atoms with Crippen LogP contribution >= 0.6 is 15.9 Å². The molecule has 2 aromatic rings. The van der Waals surface area contributed by atoms with Crippen LogP contribution in [0.3, 0.4) is 0 Å². The van der Waals surface area contributed by atoms with Gasteiger partial charge in [-0.1, -0.05) is 21.1 Å². The van der Waals surface area contributed by atoms with Crippen molar-refractivity contribution in [1.29, 1.82) is 0 Å². The molecule has 1 atom stereocenters. The van der Waals surface area contributed by atoms with Gasteiger partial charge in [0.15, 0.2) is 6.29 Å². The second-order valence-electron chi connectivity index (χ2n) is 6.73. The fourth-order valence-corrected chi connectivity index (χ4v) is 5.24. The van der Waals surface area contributed by atoms with Crippen LogP contribution in [0.15, 0.2) is 33.8 Å². The van der Waals surface area contributed by atoms with Gasteiger partial charge in [-0.25, -0.2) is 8.42 Å². The van der Waals surface area contributed by atoms with Crippen LogP contribution in [-0.2, 0) is 32.6 Å². The smallest absolute Gasteiger partial charge is 0.247 e. The van der Waals surface area contributed by atoms with E-state index in [2.05, 4.69) is 26.2 Å². The van der Waals surface area contributed by atoms with Crippen LogP contribution in [0.2, 0.25) is 0 Å². The van der Waals surface area contributed by atoms with E-state index < -0.39 is 10.0 Å². The van der Waals surface area contributed by atoms with Crippen molar-refractivity contribution in [3.63, 3.8) is 0 Å². The molecule has 28 heavy (non-hydrogen) atoms. The van der Waals surface area contributed by atoms with Crippen LogP contribution in [0.25, 0.3) is 0 Å². The number of halogens is 1. The molecule has 0 spiro atoms. The molecule has 2 aliphatic heterocycles. The van der Waals surface area contributed by atoms with Crippen LogP contribution in [0, 0.1) is 0 Å². The monoisotopic (exact) mass is 472 g/mol. The molecule has 0 aliphatic carbocycles. The summed E-state index contributed by atoms with van der Waals surface area (Å²) in [7, 11) is -3.73. The number of aromatic nitrogens is 3. The zero-order valence-electron chi connectivity index (χ0n) is 15.3. The Balaban J connectivity index is 1.51. The molecule has 0 amide bonds. The Morgan fingerprint density at radius 2 is 2.07 bits per heavy atom. The number of hydrogen-bond acceptors (Lipinski definition) is 7. The molecule has 1 fully saturated rings. The van der Waals surface area contributed by atoms with Crippen molar-refractivity contribution in [2.45, 2.75) is 43.7 Å². The maximum absolute atomic E-state index is 13.2. The van der Waals surface area contributed by atoms with Gasteiger partial charge < -0.3 is 14.2 Å². The summed E-state index contributed by atoms with van der Waals surface area (Å²) < 4.78 is 46.8. The van der Waals surface area contributed by atoms with E-state index in [9.17, 15) is 8.42 Å². The van der Waals surface area contributed by atoms with Gasteiger partial charge in [0.05, 0.1) is 31.5 Å². The van der Waals surface area contributed by atoms with Gasteiger partial charge in [0.1, 0.15) is 17.3 Å². The molecular weight excluding hydrogens is 452 g/mol. The summed E-state index contributed by atoms with van der Waals surface area (Å²) in [6.45, 7) is 4.00. The quantitative estimate of drug-likeness (QED) is 0.653. The van der Waals surface area contributed by atoms with Crippen LogP contribution in [0.4, 0.5) is 0 Å². The second kappa shape index (κ2) is 8.07. The first-order chi connectivity index (χ1) is 13.4. The third kappa shape index (κ3) is 4.08. The Morgan fingerprint density at radius 3 is 2.86 bits per heavy atom. The molecular formula is C17H21BrN4O5S. The van der Waals surface area contributed by atoms with Crippen LogP contribution in [0.5, 0.6) is 5.75 Å². The summed E-state index contributed by atoms with van der Waals surface area (Å²) in [5.74, 6) is 0.351. The number of aryl methyl sites for hydroxylation is 1. The van der Waals surface area contributed by atoms with Gasteiger partial charge in [-0.2, -0.15) is 4.31 Å². The zero-order chi connectivity index (χ0) is 19.7. The lowest BCUT2D eigenvalue weighted by Crippen LogP contribution is -2.39. The number of nitrogens with zero attached hydrogens (tertiary/aromatic N) is 4. The normalized spacial score (nSPS) is 22.6. The topological polar surface area (TPSA) is 95.8 Å². The predicted octanol–water partition coefficient (Wildman–Crippen LogP) is 1.78. The standard InChI is InChI=1S/C17H21BrN4O5S/c1-12-11-27-15-8-13(18)2-3-16(15)28(23,24)22(12)10-14-9-21(20-19-14)5-4-17-25-6-7-26-17/h2-3,8-9,12,17H,4-7,10-11H2,1H3/t12-/m0/s1. The number of benzene rings is 1. The minimum atomic E-state index is -3.73. The molecule has 4 rings (SSSR count). The van der Waals surface area contributed by atoms with Crippen molar-refractivity contribution in [2.24, 2.45) is 0 Å². The summed E-state index contributed by atoms with van der Waals surface area (Å²) >= 11 is 3.35. The highest BCUT2D eigenvalue weighted by Crippen LogP contribution is 2.34. The van der Waals surface area contributed by atoms with Crippen LogP contribution in [-0.4, -0.2) is 59.9 Å². The molecule has 152 valence electrons. The molecule has 1 aromatic carbocycles. The first-order valence-corrected chi connectivity index (χ1v) is 11.2. The van der Waals surface area contributed by atoms with Gasteiger partial charge in [0.2, 0.25) is 10.0 Å². The maximum Gasteiger partial charge on any atom is 0.247 e. The Hall–Kier alpha value is -1.53. The summed E-state index contributed by atoms with van der Waals surface area (Å²) in [4.78, 5) is 0.156. The summed E-state index contributed by atoms with van der Waals surface area (Å²) in [6.07, 6.45) is 2.20. The van der Waals surface area contributed by atoms with E-state index in [0.29, 0.717) is 37.6 Å². The number of sulfonamides is 1. The Bertz CT molecular complexity index is 945. The zero-order valence-corrected chi connectivity index (χ0v) is 17.7. The highest BCUT2D eigenvalue weighted by Gasteiger charge is 2.35. The molecule has 3 heterocycles. The second-order valence-corrected chi connectivity index (χ2v) is 9.51. The molecule has 11 heteroatoms. The molecule has 0 unspecified atom stereocenters.